The number of carbonyl (C=O) groups is 1. The molecule has 32 heavy (non-hydrogen) atoms. The molecule has 0 aliphatic carbocycles. The van der Waals surface area contributed by atoms with Gasteiger partial charge >= 0.3 is 6.18 Å². The number of aromatic nitrogens is 1. The highest BCUT2D eigenvalue weighted by Crippen LogP contribution is 2.36. The van der Waals surface area contributed by atoms with Crippen molar-refractivity contribution in [3.63, 3.8) is 0 Å². The molecule has 0 saturated carbocycles. The number of benzene rings is 2. The van der Waals surface area contributed by atoms with Crippen LogP contribution in [0, 0.1) is 12.7 Å². The summed E-state index contributed by atoms with van der Waals surface area (Å²) in [6.45, 7) is 5.54. The first-order chi connectivity index (χ1) is 15.2. The Hall–Kier alpha value is -3.62. The minimum absolute atomic E-state index is 0.121. The largest absolute Gasteiger partial charge is 0.481 e. The molecule has 3 rings (SSSR count). The molecule has 9 heteroatoms. The van der Waals surface area contributed by atoms with Crippen molar-refractivity contribution in [1.82, 2.24) is 4.98 Å². The van der Waals surface area contributed by atoms with Gasteiger partial charge in [0.1, 0.15) is 17.3 Å². The van der Waals surface area contributed by atoms with E-state index >= 15 is 0 Å². The molecule has 0 atom stereocenters. The molecule has 1 aromatic heterocycles. The van der Waals surface area contributed by atoms with E-state index in [0.717, 1.165) is 24.3 Å². The fourth-order valence-electron chi connectivity index (χ4n) is 2.61. The maximum atomic E-state index is 13.3. The molecule has 0 fully saturated rings. The van der Waals surface area contributed by atoms with E-state index in [0.29, 0.717) is 11.3 Å². The molecule has 170 valence electrons. The molecule has 1 N–H and O–H groups in total. The van der Waals surface area contributed by atoms with Crippen LogP contribution in [-0.4, -0.2) is 18.0 Å². The summed E-state index contributed by atoms with van der Waals surface area (Å²) in [4.78, 5) is 16.6. The average molecular weight is 450 g/mol. The number of pyridine rings is 1. The van der Waals surface area contributed by atoms with Crippen LogP contribution in [0.15, 0.2) is 54.7 Å². The van der Waals surface area contributed by atoms with Gasteiger partial charge in [-0.2, -0.15) is 13.2 Å². The molecule has 0 saturated heterocycles. The zero-order chi connectivity index (χ0) is 23.9. The Bertz CT molecular complexity index is 1090. The van der Waals surface area contributed by atoms with E-state index in [2.05, 4.69) is 10.3 Å². The lowest BCUT2D eigenvalue weighted by atomic mass is 10.1. The summed E-state index contributed by atoms with van der Waals surface area (Å²) < 4.78 is 63.4. The summed E-state index contributed by atoms with van der Waals surface area (Å²) in [5, 5.41) is 2.56. The van der Waals surface area contributed by atoms with Crippen molar-refractivity contribution in [2.45, 2.75) is 26.9 Å². The summed E-state index contributed by atoms with van der Waals surface area (Å²) in [5.74, 6) is -1.17. The van der Waals surface area contributed by atoms with Crippen LogP contribution < -0.4 is 14.8 Å². The Labute approximate surface area is 183 Å². The van der Waals surface area contributed by atoms with Crippen molar-refractivity contribution >= 4 is 11.6 Å². The van der Waals surface area contributed by atoms with E-state index in [4.69, 9.17) is 9.47 Å². The van der Waals surface area contributed by atoms with Crippen molar-refractivity contribution in [2.24, 2.45) is 0 Å². The van der Waals surface area contributed by atoms with Crippen LogP contribution in [0.4, 0.5) is 23.2 Å². The van der Waals surface area contributed by atoms with Crippen molar-refractivity contribution < 1.29 is 31.8 Å². The van der Waals surface area contributed by atoms with E-state index in [1.54, 1.807) is 0 Å². The van der Waals surface area contributed by atoms with Gasteiger partial charge in [-0.1, -0.05) is 13.8 Å². The number of anilines is 1. The molecule has 1 amide bonds. The van der Waals surface area contributed by atoms with Gasteiger partial charge in [-0.3, -0.25) is 4.79 Å². The van der Waals surface area contributed by atoms with Crippen LogP contribution in [0.3, 0.4) is 0 Å². The quantitative estimate of drug-likeness (QED) is 0.444. The molecule has 0 bridgehead atoms. The molecular formula is C23H22F4N2O3. The van der Waals surface area contributed by atoms with Crippen LogP contribution in [0.5, 0.6) is 17.4 Å². The van der Waals surface area contributed by atoms with Gasteiger partial charge in [-0.15, -0.1) is 0 Å². The zero-order valence-corrected chi connectivity index (χ0v) is 17.9. The Morgan fingerprint density at radius 1 is 1.00 bits per heavy atom. The lowest BCUT2D eigenvalue weighted by Gasteiger charge is -2.16. The van der Waals surface area contributed by atoms with Gasteiger partial charge in [-0.25, -0.2) is 9.37 Å². The van der Waals surface area contributed by atoms with Gasteiger partial charge in [0, 0.05) is 18.0 Å². The standard InChI is InChI=1S/C21H16F4N2O3.C2H6/c1-12-9-14(22)4-6-17(12)30-18-10-13(21(23,24)25)3-5-16(18)20(28)27-15-7-8-26-19(11-15)29-2;1-2/h3-11H,1-2H3,(H,26,27,28);1-2H3. The van der Waals surface area contributed by atoms with Gasteiger partial charge in [0.15, 0.2) is 0 Å². The maximum Gasteiger partial charge on any atom is 0.416 e. The van der Waals surface area contributed by atoms with Crippen LogP contribution in [-0.2, 0) is 6.18 Å². The highest BCUT2D eigenvalue weighted by Gasteiger charge is 2.32. The second-order valence-electron chi connectivity index (χ2n) is 6.26. The van der Waals surface area contributed by atoms with E-state index in [-0.39, 0.29) is 22.9 Å². The number of alkyl halides is 3. The number of hydrogen-bond donors (Lipinski definition) is 1. The SMILES string of the molecule is CC.COc1cc(NC(=O)c2ccc(C(F)(F)F)cc2Oc2ccc(F)cc2C)ccn1. The first kappa shape index (κ1) is 24.6. The molecule has 0 aliphatic rings. The smallest absolute Gasteiger partial charge is 0.416 e. The Kier molecular flexibility index (Phi) is 8.17. The molecule has 0 radical (unpaired) electrons. The fraction of sp³-hybridized carbons (Fsp3) is 0.217. The van der Waals surface area contributed by atoms with Gasteiger partial charge in [-0.05, 0) is 55.0 Å². The third-order valence-electron chi connectivity index (χ3n) is 4.11. The summed E-state index contributed by atoms with van der Waals surface area (Å²) in [6.07, 6.45) is -3.23. The predicted molar refractivity (Wildman–Crippen MR) is 113 cm³/mol. The first-order valence-electron chi connectivity index (χ1n) is 9.64. The number of rotatable bonds is 5. The van der Waals surface area contributed by atoms with E-state index in [1.165, 1.54) is 44.5 Å². The minimum Gasteiger partial charge on any atom is -0.481 e. The third kappa shape index (κ3) is 6.19. The molecule has 5 nitrogen and oxygen atoms in total. The Morgan fingerprint density at radius 2 is 1.72 bits per heavy atom. The number of ether oxygens (including phenoxy) is 2. The second kappa shape index (κ2) is 10.6. The number of hydrogen-bond acceptors (Lipinski definition) is 4. The third-order valence-corrected chi connectivity index (χ3v) is 4.11. The summed E-state index contributed by atoms with van der Waals surface area (Å²) >= 11 is 0. The summed E-state index contributed by atoms with van der Waals surface area (Å²) in [6, 6.07) is 9.04. The summed E-state index contributed by atoms with van der Waals surface area (Å²) in [5.41, 5.74) is -0.435. The number of halogens is 4. The molecule has 3 aromatic rings. The minimum atomic E-state index is -4.64. The molecule has 1 heterocycles. The van der Waals surface area contributed by atoms with E-state index in [9.17, 15) is 22.4 Å². The maximum absolute atomic E-state index is 13.3. The normalized spacial score (nSPS) is 10.6. The highest BCUT2D eigenvalue weighted by molar-refractivity contribution is 6.06. The van der Waals surface area contributed by atoms with Crippen molar-refractivity contribution in [3.8, 4) is 17.4 Å². The molecule has 2 aromatic carbocycles. The number of nitrogens with zero attached hydrogens (tertiary/aromatic N) is 1. The van der Waals surface area contributed by atoms with Crippen molar-refractivity contribution in [2.75, 3.05) is 12.4 Å². The monoisotopic (exact) mass is 450 g/mol. The van der Waals surface area contributed by atoms with E-state index < -0.39 is 23.5 Å². The Morgan fingerprint density at radius 3 is 2.34 bits per heavy atom. The van der Waals surface area contributed by atoms with Crippen molar-refractivity contribution in [3.05, 3.63) is 77.2 Å². The van der Waals surface area contributed by atoms with Crippen LogP contribution in [0.1, 0.15) is 35.3 Å². The van der Waals surface area contributed by atoms with Crippen molar-refractivity contribution in [1.29, 1.82) is 0 Å². The highest BCUT2D eigenvalue weighted by atomic mass is 19.4. The van der Waals surface area contributed by atoms with Crippen LogP contribution in [0.2, 0.25) is 0 Å². The fourth-order valence-corrected chi connectivity index (χ4v) is 2.61. The number of methoxy groups -OCH3 is 1. The average Bonchev–Trinajstić information content (AvgIpc) is 2.76. The summed E-state index contributed by atoms with van der Waals surface area (Å²) in [7, 11) is 1.40. The topological polar surface area (TPSA) is 60.5 Å². The number of aryl methyl sites for hydroxylation is 1. The van der Waals surface area contributed by atoms with E-state index in [1.807, 2.05) is 13.8 Å². The molecule has 0 spiro atoms. The number of nitrogens with one attached hydrogen (secondary N) is 1. The molecule has 0 aliphatic heterocycles. The van der Waals surface area contributed by atoms with Gasteiger partial charge in [0.05, 0.1) is 18.2 Å². The molecule has 0 unspecified atom stereocenters. The van der Waals surface area contributed by atoms with Gasteiger partial charge in [0.2, 0.25) is 5.88 Å². The Balaban J connectivity index is 0.00000176. The van der Waals surface area contributed by atoms with Crippen LogP contribution >= 0.6 is 0 Å². The number of amides is 1. The second-order valence-corrected chi connectivity index (χ2v) is 6.26. The first-order valence-corrected chi connectivity index (χ1v) is 9.64. The molecular weight excluding hydrogens is 428 g/mol. The van der Waals surface area contributed by atoms with Crippen LogP contribution in [0.25, 0.3) is 0 Å². The lowest BCUT2D eigenvalue weighted by Crippen LogP contribution is -2.14. The van der Waals surface area contributed by atoms with Gasteiger partial charge in [0.25, 0.3) is 5.91 Å². The number of carbonyl (C=O) groups excluding carboxylic acids is 1. The zero-order valence-electron chi connectivity index (χ0n) is 17.9. The predicted octanol–water partition coefficient (Wildman–Crippen LogP) is 6.63. The van der Waals surface area contributed by atoms with Gasteiger partial charge < -0.3 is 14.8 Å². The lowest BCUT2D eigenvalue weighted by molar-refractivity contribution is -0.137.